The van der Waals surface area contributed by atoms with Gasteiger partial charge in [0.1, 0.15) is 5.75 Å². The second kappa shape index (κ2) is 6.44. The van der Waals surface area contributed by atoms with Crippen LogP contribution in [0, 0.1) is 0 Å². The van der Waals surface area contributed by atoms with Crippen LogP contribution in [0.1, 0.15) is 50.5 Å². The Morgan fingerprint density at radius 1 is 1.24 bits per heavy atom. The lowest BCUT2D eigenvalue weighted by Gasteiger charge is -2.21. The van der Waals surface area contributed by atoms with Gasteiger partial charge in [0, 0.05) is 4.83 Å². The summed E-state index contributed by atoms with van der Waals surface area (Å²) in [6.45, 7) is 2.78. The van der Waals surface area contributed by atoms with E-state index in [-0.39, 0.29) is 0 Å². The highest BCUT2D eigenvalue weighted by Crippen LogP contribution is 2.37. The molecule has 0 N–H and O–H groups in total. The lowest BCUT2D eigenvalue weighted by atomic mass is 9.91. The molecule has 2 rings (SSSR count). The topological polar surface area (TPSA) is 9.23 Å². The quantitative estimate of drug-likeness (QED) is 0.570. The molecule has 0 spiro atoms. The van der Waals surface area contributed by atoms with Crippen LogP contribution in [-0.4, -0.2) is 11.4 Å². The maximum atomic E-state index is 5.59. The van der Waals surface area contributed by atoms with E-state index in [1.165, 1.54) is 37.7 Å². The van der Waals surface area contributed by atoms with Crippen molar-refractivity contribution >= 4 is 15.9 Å². The number of hydrogen-bond acceptors (Lipinski definition) is 1. The van der Waals surface area contributed by atoms with Crippen LogP contribution in [-0.2, 0) is 0 Å². The van der Waals surface area contributed by atoms with Gasteiger partial charge in [-0.25, -0.2) is 0 Å². The Labute approximate surface area is 113 Å². The average molecular weight is 297 g/mol. The minimum Gasteiger partial charge on any atom is -0.494 e. The molecule has 1 aliphatic rings. The first kappa shape index (κ1) is 12.9. The first-order valence-corrected chi connectivity index (χ1v) is 7.59. The number of alkyl halides is 1. The molecule has 0 heterocycles. The summed E-state index contributed by atoms with van der Waals surface area (Å²) in [6, 6.07) is 8.62. The van der Waals surface area contributed by atoms with Crippen LogP contribution in [0.3, 0.4) is 0 Å². The Kier molecular flexibility index (Phi) is 4.90. The van der Waals surface area contributed by atoms with Gasteiger partial charge in [-0.15, -0.1) is 0 Å². The van der Waals surface area contributed by atoms with Crippen molar-refractivity contribution < 1.29 is 4.74 Å². The van der Waals surface area contributed by atoms with Gasteiger partial charge in [0.2, 0.25) is 0 Å². The Morgan fingerprint density at radius 2 is 2.06 bits per heavy atom. The summed E-state index contributed by atoms with van der Waals surface area (Å²) in [5, 5.41) is 0. The van der Waals surface area contributed by atoms with E-state index >= 15 is 0 Å². The number of rotatable bonds is 3. The normalized spacial score (nSPS) is 25.3. The van der Waals surface area contributed by atoms with Crippen molar-refractivity contribution in [1.82, 2.24) is 0 Å². The molecular weight excluding hydrogens is 276 g/mol. The highest BCUT2D eigenvalue weighted by Gasteiger charge is 2.23. The van der Waals surface area contributed by atoms with Gasteiger partial charge in [-0.1, -0.05) is 47.3 Å². The Bertz CT molecular complexity index is 351. The molecule has 0 bridgehead atoms. The molecule has 1 aliphatic carbocycles. The van der Waals surface area contributed by atoms with Crippen LogP contribution in [0.2, 0.25) is 0 Å². The van der Waals surface area contributed by atoms with E-state index in [0.717, 1.165) is 12.4 Å². The molecular formula is C15H21BrO. The second-order valence-electron chi connectivity index (χ2n) is 4.77. The van der Waals surface area contributed by atoms with Gasteiger partial charge in [-0.3, -0.25) is 0 Å². The van der Waals surface area contributed by atoms with Crippen LogP contribution >= 0.6 is 15.9 Å². The molecule has 0 amide bonds. The maximum absolute atomic E-state index is 5.59. The monoisotopic (exact) mass is 296 g/mol. The van der Waals surface area contributed by atoms with Crippen molar-refractivity contribution in [2.75, 3.05) is 6.61 Å². The van der Waals surface area contributed by atoms with E-state index in [1.807, 2.05) is 13.0 Å². The second-order valence-corrected chi connectivity index (χ2v) is 5.94. The minimum atomic E-state index is 0.627. The van der Waals surface area contributed by atoms with Crippen molar-refractivity contribution in [3.8, 4) is 5.75 Å². The van der Waals surface area contributed by atoms with E-state index in [0.29, 0.717) is 10.7 Å². The Morgan fingerprint density at radius 3 is 2.88 bits per heavy atom. The zero-order valence-corrected chi connectivity index (χ0v) is 12.1. The fourth-order valence-corrected chi connectivity index (χ4v) is 3.53. The highest BCUT2D eigenvalue weighted by molar-refractivity contribution is 9.09. The fourth-order valence-electron chi connectivity index (χ4n) is 2.64. The van der Waals surface area contributed by atoms with Crippen molar-refractivity contribution in [2.45, 2.75) is 49.8 Å². The maximum Gasteiger partial charge on any atom is 0.119 e. The summed E-state index contributed by atoms with van der Waals surface area (Å²) in [5.41, 5.74) is 1.43. The van der Waals surface area contributed by atoms with E-state index in [1.54, 1.807) is 0 Å². The van der Waals surface area contributed by atoms with Crippen LogP contribution in [0.4, 0.5) is 0 Å². The lowest BCUT2D eigenvalue weighted by Crippen LogP contribution is -2.10. The van der Waals surface area contributed by atoms with E-state index in [4.69, 9.17) is 4.74 Å². The molecule has 2 heteroatoms. The SMILES string of the molecule is CCOc1cccc(C2CCCCCC2Br)c1. The van der Waals surface area contributed by atoms with Gasteiger partial charge in [0.05, 0.1) is 6.61 Å². The zero-order valence-electron chi connectivity index (χ0n) is 10.5. The Balaban J connectivity index is 2.16. The smallest absolute Gasteiger partial charge is 0.119 e. The predicted octanol–water partition coefficient (Wildman–Crippen LogP) is 4.90. The van der Waals surface area contributed by atoms with Gasteiger partial charge in [0.25, 0.3) is 0 Å². The largest absolute Gasteiger partial charge is 0.494 e. The molecule has 0 saturated heterocycles. The summed E-state index contributed by atoms with van der Waals surface area (Å²) < 4.78 is 5.59. The van der Waals surface area contributed by atoms with Crippen LogP contribution in [0.5, 0.6) is 5.75 Å². The molecule has 1 nitrogen and oxygen atoms in total. The average Bonchev–Trinajstić information content (AvgIpc) is 2.55. The molecule has 0 aliphatic heterocycles. The summed E-state index contributed by atoms with van der Waals surface area (Å²) >= 11 is 3.86. The van der Waals surface area contributed by atoms with Crippen LogP contribution in [0.25, 0.3) is 0 Å². The first-order valence-electron chi connectivity index (χ1n) is 6.68. The van der Waals surface area contributed by atoms with Crippen LogP contribution < -0.4 is 4.74 Å². The molecule has 1 fully saturated rings. The fraction of sp³-hybridized carbons (Fsp3) is 0.600. The number of ether oxygens (including phenoxy) is 1. The van der Waals surface area contributed by atoms with Gasteiger partial charge < -0.3 is 4.74 Å². The van der Waals surface area contributed by atoms with Crippen molar-refractivity contribution in [2.24, 2.45) is 0 Å². The van der Waals surface area contributed by atoms with Gasteiger partial charge in [-0.05, 0) is 43.4 Å². The van der Waals surface area contributed by atoms with E-state index < -0.39 is 0 Å². The molecule has 1 aromatic rings. The number of halogens is 1. The molecule has 1 aromatic carbocycles. The summed E-state index contributed by atoms with van der Waals surface area (Å²) in [4.78, 5) is 0.627. The van der Waals surface area contributed by atoms with Crippen LogP contribution in [0.15, 0.2) is 24.3 Å². The summed E-state index contributed by atoms with van der Waals surface area (Å²) in [6.07, 6.45) is 6.68. The molecule has 94 valence electrons. The third-order valence-corrected chi connectivity index (χ3v) is 4.62. The molecule has 0 radical (unpaired) electrons. The zero-order chi connectivity index (χ0) is 12.1. The molecule has 2 atom stereocenters. The standard InChI is InChI=1S/C15H21BrO/c1-2-17-13-8-6-7-12(11-13)14-9-4-3-5-10-15(14)16/h6-8,11,14-15H,2-5,9-10H2,1H3. The Hall–Kier alpha value is -0.500. The van der Waals surface area contributed by atoms with Gasteiger partial charge in [-0.2, -0.15) is 0 Å². The number of hydrogen-bond donors (Lipinski definition) is 0. The van der Waals surface area contributed by atoms with E-state index in [9.17, 15) is 0 Å². The summed E-state index contributed by atoms with van der Waals surface area (Å²) in [7, 11) is 0. The highest BCUT2D eigenvalue weighted by atomic mass is 79.9. The van der Waals surface area contributed by atoms with Crippen molar-refractivity contribution in [1.29, 1.82) is 0 Å². The molecule has 1 saturated carbocycles. The van der Waals surface area contributed by atoms with E-state index in [2.05, 4.69) is 34.1 Å². The first-order chi connectivity index (χ1) is 8.31. The molecule has 17 heavy (non-hydrogen) atoms. The summed E-state index contributed by atoms with van der Waals surface area (Å²) in [5.74, 6) is 1.66. The lowest BCUT2D eigenvalue weighted by molar-refractivity contribution is 0.339. The van der Waals surface area contributed by atoms with Gasteiger partial charge in [0.15, 0.2) is 0 Å². The number of benzene rings is 1. The van der Waals surface area contributed by atoms with Gasteiger partial charge >= 0.3 is 0 Å². The predicted molar refractivity (Wildman–Crippen MR) is 76.2 cm³/mol. The third kappa shape index (κ3) is 3.48. The minimum absolute atomic E-state index is 0.627. The van der Waals surface area contributed by atoms with Crippen molar-refractivity contribution in [3.63, 3.8) is 0 Å². The molecule has 0 aromatic heterocycles. The third-order valence-electron chi connectivity index (χ3n) is 3.53. The molecule has 2 unspecified atom stereocenters. The van der Waals surface area contributed by atoms with Crippen molar-refractivity contribution in [3.05, 3.63) is 29.8 Å².